The first-order chi connectivity index (χ1) is 12.6. The molecule has 2 heterocycles. The summed E-state index contributed by atoms with van der Waals surface area (Å²) in [6.07, 6.45) is 0. The Labute approximate surface area is 148 Å². The molecule has 0 aliphatic carbocycles. The molecule has 6 nitrogen and oxygen atoms in total. The van der Waals surface area contributed by atoms with Gasteiger partial charge < -0.3 is 20.0 Å². The summed E-state index contributed by atoms with van der Waals surface area (Å²) < 4.78 is 11.0. The van der Waals surface area contributed by atoms with Crippen molar-refractivity contribution in [3.63, 3.8) is 0 Å². The first-order valence-electron chi connectivity index (χ1n) is 7.96. The van der Waals surface area contributed by atoms with E-state index in [4.69, 9.17) is 14.9 Å². The highest BCUT2D eigenvalue weighted by Crippen LogP contribution is 2.41. The van der Waals surface area contributed by atoms with Gasteiger partial charge in [-0.05, 0) is 16.3 Å². The molecule has 0 spiro atoms. The van der Waals surface area contributed by atoms with E-state index in [1.165, 1.54) is 0 Å². The molecule has 3 N–H and O–H groups in total. The number of aliphatic hydroxyl groups excluding tert-OH is 1. The molecule has 128 valence electrons. The zero-order chi connectivity index (χ0) is 18.3. The van der Waals surface area contributed by atoms with Gasteiger partial charge in [0, 0.05) is 6.07 Å². The van der Waals surface area contributed by atoms with Crippen LogP contribution in [0, 0.1) is 11.3 Å². The van der Waals surface area contributed by atoms with Crippen molar-refractivity contribution in [2.24, 2.45) is 5.73 Å². The van der Waals surface area contributed by atoms with Crippen LogP contribution in [0.15, 0.2) is 69.2 Å². The second-order valence-electron chi connectivity index (χ2n) is 5.96. The maximum absolute atomic E-state index is 12.3. The average molecular weight is 346 g/mol. The Hall–Kier alpha value is -3.56. The number of hydrogen-bond acceptors (Lipinski definition) is 6. The SMILES string of the molecule is N#CC1=C(N)Oc2c(oc(CO)cc2=O)C1c1ccc2ccccc2c1. The van der Waals surface area contributed by atoms with E-state index >= 15 is 0 Å². The van der Waals surface area contributed by atoms with Crippen LogP contribution < -0.4 is 15.9 Å². The molecule has 0 saturated heterocycles. The van der Waals surface area contributed by atoms with Gasteiger partial charge in [-0.25, -0.2) is 0 Å². The van der Waals surface area contributed by atoms with Crippen molar-refractivity contribution in [3.8, 4) is 11.8 Å². The molecule has 4 rings (SSSR count). The molecular weight excluding hydrogens is 332 g/mol. The summed E-state index contributed by atoms with van der Waals surface area (Å²) in [4.78, 5) is 12.3. The minimum absolute atomic E-state index is 0.0585. The summed E-state index contributed by atoms with van der Waals surface area (Å²) in [6, 6.07) is 16.7. The fourth-order valence-electron chi connectivity index (χ4n) is 3.18. The van der Waals surface area contributed by atoms with E-state index in [0.717, 1.165) is 22.4 Å². The molecule has 1 atom stereocenters. The second kappa shape index (κ2) is 6.06. The second-order valence-corrected chi connectivity index (χ2v) is 5.96. The number of nitrogens with two attached hydrogens (primary N) is 1. The Morgan fingerprint density at radius 1 is 1.15 bits per heavy atom. The van der Waals surface area contributed by atoms with E-state index in [1.54, 1.807) is 0 Å². The number of allylic oxidation sites excluding steroid dienone is 1. The van der Waals surface area contributed by atoms with E-state index in [1.807, 2.05) is 42.5 Å². The van der Waals surface area contributed by atoms with Crippen molar-refractivity contribution in [2.45, 2.75) is 12.5 Å². The van der Waals surface area contributed by atoms with Crippen molar-refractivity contribution in [1.29, 1.82) is 5.26 Å². The Bertz CT molecular complexity index is 1150. The van der Waals surface area contributed by atoms with E-state index in [9.17, 15) is 15.2 Å². The number of rotatable bonds is 2. The maximum atomic E-state index is 12.3. The lowest BCUT2D eigenvalue weighted by Gasteiger charge is -2.25. The highest BCUT2D eigenvalue weighted by Gasteiger charge is 2.35. The minimum Gasteiger partial charge on any atom is -0.458 e. The zero-order valence-corrected chi connectivity index (χ0v) is 13.6. The lowest BCUT2D eigenvalue weighted by atomic mass is 9.86. The fourth-order valence-corrected chi connectivity index (χ4v) is 3.18. The van der Waals surface area contributed by atoms with Crippen LogP contribution in [0.5, 0.6) is 5.75 Å². The highest BCUT2D eigenvalue weighted by atomic mass is 16.5. The summed E-state index contributed by atoms with van der Waals surface area (Å²) in [5.74, 6) is -0.602. The van der Waals surface area contributed by atoms with Crippen LogP contribution in [0.25, 0.3) is 10.8 Å². The summed E-state index contributed by atoms with van der Waals surface area (Å²) >= 11 is 0. The molecule has 1 unspecified atom stereocenters. The average Bonchev–Trinajstić information content (AvgIpc) is 2.67. The van der Waals surface area contributed by atoms with Crippen molar-refractivity contribution in [2.75, 3.05) is 0 Å². The molecule has 0 amide bonds. The Balaban J connectivity index is 2.00. The van der Waals surface area contributed by atoms with Crippen LogP contribution in [-0.4, -0.2) is 5.11 Å². The van der Waals surface area contributed by atoms with Crippen molar-refractivity contribution in [3.05, 3.63) is 87.3 Å². The molecule has 1 aromatic heterocycles. The summed E-state index contributed by atoms with van der Waals surface area (Å²) in [6.45, 7) is -0.436. The molecule has 1 aliphatic rings. The van der Waals surface area contributed by atoms with Crippen molar-refractivity contribution < 1.29 is 14.3 Å². The molecule has 3 aromatic rings. The normalized spacial score (nSPS) is 16.1. The highest BCUT2D eigenvalue weighted by molar-refractivity contribution is 5.83. The first-order valence-corrected chi connectivity index (χ1v) is 7.96. The fraction of sp³-hybridized carbons (Fsp3) is 0.100. The Kier molecular flexibility index (Phi) is 3.72. The topological polar surface area (TPSA) is 109 Å². The smallest absolute Gasteiger partial charge is 0.228 e. The molecular formula is C20H14N2O4. The van der Waals surface area contributed by atoms with Gasteiger partial charge in [0.05, 0.1) is 5.92 Å². The monoisotopic (exact) mass is 346 g/mol. The zero-order valence-electron chi connectivity index (χ0n) is 13.6. The van der Waals surface area contributed by atoms with Gasteiger partial charge >= 0.3 is 0 Å². The molecule has 0 fully saturated rings. The van der Waals surface area contributed by atoms with E-state index in [2.05, 4.69) is 6.07 Å². The predicted octanol–water partition coefficient (Wildman–Crippen LogP) is 2.50. The third-order valence-electron chi connectivity index (χ3n) is 4.39. The molecule has 0 bridgehead atoms. The van der Waals surface area contributed by atoms with Gasteiger partial charge in [-0.1, -0.05) is 42.5 Å². The van der Waals surface area contributed by atoms with E-state index in [0.29, 0.717) is 0 Å². The van der Waals surface area contributed by atoms with Crippen molar-refractivity contribution in [1.82, 2.24) is 0 Å². The molecule has 26 heavy (non-hydrogen) atoms. The predicted molar refractivity (Wildman–Crippen MR) is 94.1 cm³/mol. The lowest BCUT2D eigenvalue weighted by Crippen LogP contribution is -2.25. The number of nitrogens with zero attached hydrogens (tertiary/aromatic N) is 1. The van der Waals surface area contributed by atoms with Gasteiger partial charge in [0.15, 0.2) is 5.76 Å². The summed E-state index contributed by atoms with van der Waals surface area (Å²) in [5.41, 5.74) is 6.33. The van der Waals surface area contributed by atoms with Gasteiger partial charge in [-0.15, -0.1) is 0 Å². The number of ether oxygens (including phenoxy) is 1. The maximum Gasteiger partial charge on any atom is 0.228 e. The molecule has 6 heteroatoms. The lowest BCUT2D eigenvalue weighted by molar-refractivity contribution is 0.231. The number of nitriles is 1. The number of benzene rings is 2. The first kappa shape index (κ1) is 15.9. The third-order valence-corrected chi connectivity index (χ3v) is 4.39. The van der Waals surface area contributed by atoms with Gasteiger partial charge in [0.1, 0.15) is 24.0 Å². The van der Waals surface area contributed by atoms with Crippen LogP contribution in [0.3, 0.4) is 0 Å². The molecule has 0 saturated carbocycles. The Morgan fingerprint density at radius 2 is 1.92 bits per heavy atom. The van der Waals surface area contributed by atoms with Gasteiger partial charge in [0.2, 0.25) is 17.1 Å². The largest absolute Gasteiger partial charge is 0.458 e. The van der Waals surface area contributed by atoms with Crippen LogP contribution in [0.4, 0.5) is 0 Å². The van der Waals surface area contributed by atoms with Crippen LogP contribution in [0.2, 0.25) is 0 Å². The van der Waals surface area contributed by atoms with Gasteiger partial charge in [0.25, 0.3) is 0 Å². The van der Waals surface area contributed by atoms with E-state index in [-0.39, 0.29) is 28.7 Å². The van der Waals surface area contributed by atoms with Crippen molar-refractivity contribution >= 4 is 10.8 Å². The quantitative estimate of drug-likeness (QED) is 0.738. The molecule has 1 aliphatic heterocycles. The van der Waals surface area contributed by atoms with Gasteiger partial charge in [-0.2, -0.15) is 5.26 Å². The molecule has 2 aromatic carbocycles. The van der Waals surface area contributed by atoms with Gasteiger partial charge in [-0.3, -0.25) is 4.79 Å². The van der Waals surface area contributed by atoms with Crippen LogP contribution >= 0.6 is 0 Å². The standard InChI is InChI=1S/C20H14N2O4/c21-9-15-17(13-6-5-11-3-1-2-4-12(11)7-13)19-18(26-20(15)22)16(24)8-14(10-23)25-19/h1-8,17,23H,10,22H2. The molecule has 0 radical (unpaired) electrons. The summed E-state index contributed by atoms with van der Waals surface area (Å²) in [7, 11) is 0. The number of aliphatic hydroxyl groups is 1. The third kappa shape index (κ3) is 2.42. The van der Waals surface area contributed by atoms with Crippen LogP contribution in [0.1, 0.15) is 23.0 Å². The Morgan fingerprint density at radius 3 is 2.65 bits per heavy atom. The van der Waals surface area contributed by atoms with E-state index < -0.39 is 18.0 Å². The summed E-state index contributed by atoms with van der Waals surface area (Å²) in [5, 5.41) is 21.0. The van der Waals surface area contributed by atoms with Crippen LogP contribution in [-0.2, 0) is 6.61 Å². The minimum atomic E-state index is -0.687. The number of fused-ring (bicyclic) bond motifs is 2. The number of hydrogen-bond donors (Lipinski definition) is 2.